The number of ether oxygens (including phenoxy) is 1. The van der Waals surface area contributed by atoms with Crippen LogP contribution in [0.15, 0.2) is 12.4 Å². The molecule has 120 valence electrons. The monoisotopic (exact) mass is 316 g/mol. The molecule has 2 rings (SSSR count). The Balaban J connectivity index is 1.80. The van der Waals surface area contributed by atoms with Gasteiger partial charge in [-0.05, 0) is 25.8 Å². The number of rotatable bonds is 8. The molecule has 21 heavy (non-hydrogen) atoms. The van der Waals surface area contributed by atoms with E-state index in [0.29, 0.717) is 31.3 Å². The van der Waals surface area contributed by atoms with Crippen LogP contribution in [0, 0.1) is 0 Å². The number of hydrogen-bond acceptors (Lipinski definition) is 5. The Bertz CT molecular complexity index is 523. The van der Waals surface area contributed by atoms with Gasteiger partial charge in [-0.25, -0.2) is 8.42 Å². The second-order valence-electron chi connectivity index (χ2n) is 5.34. The molecule has 0 aliphatic carbocycles. The van der Waals surface area contributed by atoms with Crippen LogP contribution in [0.2, 0.25) is 0 Å². The molecule has 1 fully saturated rings. The van der Waals surface area contributed by atoms with E-state index in [9.17, 15) is 8.42 Å². The van der Waals surface area contributed by atoms with Gasteiger partial charge in [-0.1, -0.05) is 6.42 Å². The predicted molar refractivity (Wildman–Crippen MR) is 81.8 cm³/mol. The van der Waals surface area contributed by atoms with E-state index in [2.05, 4.69) is 15.1 Å². The maximum Gasteiger partial charge on any atom is 0.232 e. The Morgan fingerprint density at radius 3 is 3.10 bits per heavy atom. The molecule has 2 heterocycles. The van der Waals surface area contributed by atoms with Crippen molar-refractivity contribution in [3.05, 3.63) is 12.4 Å². The molecule has 1 aromatic rings. The van der Waals surface area contributed by atoms with Crippen molar-refractivity contribution in [3.63, 3.8) is 0 Å². The van der Waals surface area contributed by atoms with Crippen LogP contribution < -0.4 is 10.0 Å². The quantitative estimate of drug-likeness (QED) is 0.741. The molecule has 2 N–H and O–H groups in total. The van der Waals surface area contributed by atoms with E-state index in [4.69, 9.17) is 4.74 Å². The lowest BCUT2D eigenvalue weighted by molar-refractivity contribution is 0.183. The Hall–Kier alpha value is -1.12. The highest BCUT2D eigenvalue weighted by Crippen LogP contribution is 2.13. The fourth-order valence-electron chi connectivity index (χ4n) is 2.42. The standard InChI is InChI=1S/C13H24N4O3S/c1-20-8-7-17-11-13(10-15-17)16-21(18,19)9-5-12-4-2-3-6-14-12/h10-12,14,16H,2-9H2,1H3. The average molecular weight is 316 g/mol. The topological polar surface area (TPSA) is 85.2 Å². The van der Waals surface area contributed by atoms with Crippen LogP contribution in [0.3, 0.4) is 0 Å². The third kappa shape index (κ3) is 5.64. The SMILES string of the molecule is COCCn1cc(NS(=O)(=O)CCC2CCCCN2)cn1. The predicted octanol–water partition coefficient (Wildman–Crippen LogP) is 0.803. The molecule has 0 bridgehead atoms. The Morgan fingerprint density at radius 1 is 1.52 bits per heavy atom. The van der Waals surface area contributed by atoms with Crippen molar-refractivity contribution in [2.75, 3.05) is 30.7 Å². The Labute approximate surface area is 126 Å². The minimum absolute atomic E-state index is 0.133. The molecular weight excluding hydrogens is 292 g/mol. The summed E-state index contributed by atoms with van der Waals surface area (Å²) < 4.78 is 33.3. The van der Waals surface area contributed by atoms with E-state index in [0.717, 1.165) is 13.0 Å². The first kappa shape index (κ1) is 16.3. The van der Waals surface area contributed by atoms with E-state index in [-0.39, 0.29) is 5.75 Å². The van der Waals surface area contributed by atoms with Crippen LogP contribution in [-0.2, 0) is 21.3 Å². The van der Waals surface area contributed by atoms with Crippen molar-refractivity contribution >= 4 is 15.7 Å². The zero-order valence-corrected chi connectivity index (χ0v) is 13.2. The van der Waals surface area contributed by atoms with E-state index in [1.54, 1.807) is 18.0 Å². The van der Waals surface area contributed by atoms with Gasteiger partial charge in [0, 0.05) is 19.3 Å². The number of nitrogens with one attached hydrogen (secondary N) is 2. The number of hydrogen-bond donors (Lipinski definition) is 2. The number of aromatic nitrogens is 2. The van der Waals surface area contributed by atoms with Crippen molar-refractivity contribution in [2.45, 2.75) is 38.3 Å². The van der Waals surface area contributed by atoms with Gasteiger partial charge in [0.2, 0.25) is 10.0 Å². The molecule has 0 aromatic carbocycles. The van der Waals surface area contributed by atoms with Crippen molar-refractivity contribution in [1.82, 2.24) is 15.1 Å². The van der Waals surface area contributed by atoms with Gasteiger partial charge in [0.15, 0.2) is 0 Å². The van der Waals surface area contributed by atoms with Crippen molar-refractivity contribution in [1.29, 1.82) is 0 Å². The molecule has 1 atom stereocenters. The van der Waals surface area contributed by atoms with E-state index in [1.165, 1.54) is 19.0 Å². The lowest BCUT2D eigenvalue weighted by Crippen LogP contribution is -2.36. The smallest absolute Gasteiger partial charge is 0.232 e. The van der Waals surface area contributed by atoms with Crippen LogP contribution in [0.1, 0.15) is 25.7 Å². The fourth-order valence-corrected chi connectivity index (χ4v) is 3.58. The number of anilines is 1. The second-order valence-corrected chi connectivity index (χ2v) is 7.18. The van der Waals surface area contributed by atoms with Crippen molar-refractivity contribution < 1.29 is 13.2 Å². The van der Waals surface area contributed by atoms with Crippen LogP contribution in [0.25, 0.3) is 0 Å². The maximum absolute atomic E-state index is 12.1. The van der Waals surface area contributed by atoms with Crippen LogP contribution >= 0.6 is 0 Å². The number of nitrogens with zero attached hydrogens (tertiary/aromatic N) is 2. The van der Waals surface area contributed by atoms with Crippen LogP contribution in [0.5, 0.6) is 0 Å². The Morgan fingerprint density at radius 2 is 2.38 bits per heavy atom. The van der Waals surface area contributed by atoms with E-state index < -0.39 is 10.0 Å². The third-order valence-electron chi connectivity index (χ3n) is 3.58. The second kappa shape index (κ2) is 7.77. The van der Waals surface area contributed by atoms with Gasteiger partial charge in [0.05, 0.1) is 30.8 Å². The molecule has 0 amide bonds. The minimum atomic E-state index is -3.32. The summed E-state index contributed by atoms with van der Waals surface area (Å²) in [5, 5.41) is 7.45. The zero-order chi connectivity index (χ0) is 15.1. The van der Waals surface area contributed by atoms with Crippen LogP contribution in [-0.4, -0.2) is 50.3 Å². The van der Waals surface area contributed by atoms with E-state index in [1.807, 2.05) is 0 Å². The average Bonchev–Trinajstić information content (AvgIpc) is 2.91. The Kier molecular flexibility index (Phi) is 6.01. The van der Waals surface area contributed by atoms with Crippen molar-refractivity contribution in [2.24, 2.45) is 0 Å². The highest BCUT2D eigenvalue weighted by atomic mass is 32.2. The summed E-state index contributed by atoms with van der Waals surface area (Å²) in [5.74, 6) is 0.133. The first-order valence-corrected chi connectivity index (χ1v) is 8.99. The minimum Gasteiger partial charge on any atom is -0.383 e. The molecule has 0 spiro atoms. The highest BCUT2D eigenvalue weighted by Gasteiger charge is 2.17. The first-order chi connectivity index (χ1) is 10.1. The van der Waals surface area contributed by atoms with Gasteiger partial charge in [0.1, 0.15) is 0 Å². The zero-order valence-electron chi connectivity index (χ0n) is 12.4. The normalized spacial score (nSPS) is 19.6. The summed E-state index contributed by atoms with van der Waals surface area (Å²) in [6.45, 7) is 2.13. The van der Waals surface area contributed by atoms with Gasteiger partial charge in [-0.2, -0.15) is 5.10 Å². The summed E-state index contributed by atoms with van der Waals surface area (Å²) in [4.78, 5) is 0. The molecule has 0 saturated carbocycles. The lowest BCUT2D eigenvalue weighted by atomic mass is 10.0. The molecule has 1 aromatic heterocycles. The van der Waals surface area contributed by atoms with Crippen molar-refractivity contribution in [3.8, 4) is 0 Å². The lowest BCUT2D eigenvalue weighted by Gasteiger charge is -2.23. The number of piperidine rings is 1. The first-order valence-electron chi connectivity index (χ1n) is 7.34. The molecule has 8 heteroatoms. The highest BCUT2D eigenvalue weighted by molar-refractivity contribution is 7.92. The molecule has 1 saturated heterocycles. The summed E-state index contributed by atoms with van der Waals surface area (Å²) in [6, 6.07) is 0.319. The summed E-state index contributed by atoms with van der Waals surface area (Å²) in [5.41, 5.74) is 0.503. The molecule has 1 unspecified atom stereocenters. The van der Waals surface area contributed by atoms with Gasteiger partial charge < -0.3 is 10.1 Å². The van der Waals surface area contributed by atoms with Gasteiger partial charge >= 0.3 is 0 Å². The fraction of sp³-hybridized carbons (Fsp3) is 0.769. The van der Waals surface area contributed by atoms with E-state index >= 15 is 0 Å². The molecule has 1 aliphatic heterocycles. The van der Waals surface area contributed by atoms with Gasteiger partial charge in [-0.3, -0.25) is 9.40 Å². The molecule has 0 radical (unpaired) electrons. The van der Waals surface area contributed by atoms with Gasteiger partial charge in [0.25, 0.3) is 0 Å². The van der Waals surface area contributed by atoms with Crippen LogP contribution in [0.4, 0.5) is 5.69 Å². The molecule has 1 aliphatic rings. The molecule has 7 nitrogen and oxygen atoms in total. The number of sulfonamides is 1. The molecular formula is C13H24N4O3S. The number of methoxy groups -OCH3 is 1. The largest absolute Gasteiger partial charge is 0.383 e. The maximum atomic E-state index is 12.1. The summed E-state index contributed by atoms with van der Waals surface area (Å²) in [7, 11) is -1.70. The van der Waals surface area contributed by atoms with Gasteiger partial charge in [-0.15, -0.1) is 0 Å². The summed E-state index contributed by atoms with van der Waals surface area (Å²) >= 11 is 0. The third-order valence-corrected chi connectivity index (χ3v) is 4.90. The summed E-state index contributed by atoms with van der Waals surface area (Å²) in [6.07, 6.45) is 7.26.